The minimum atomic E-state index is -2.79. The van der Waals surface area contributed by atoms with Crippen LogP contribution < -0.4 is 10.1 Å². The van der Waals surface area contributed by atoms with Gasteiger partial charge in [-0.2, -0.15) is 8.78 Å². The van der Waals surface area contributed by atoms with Gasteiger partial charge in [0.05, 0.1) is 6.54 Å². The van der Waals surface area contributed by atoms with Crippen molar-refractivity contribution in [1.29, 1.82) is 0 Å². The van der Waals surface area contributed by atoms with Gasteiger partial charge in [0, 0.05) is 25.5 Å². The molecule has 1 heterocycles. The third-order valence-corrected chi connectivity index (χ3v) is 2.90. The molecule has 0 aliphatic carbocycles. The van der Waals surface area contributed by atoms with Crippen molar-refractivity contribution in [1.82, 2.24) is 14.9 Å². The van der Waals surface area contributed by atoms with Crippen LogP contribution >= 0.6 is 0 Å². The van der Waals surface area contributed by atoms with E-state index in [9.17, 15) is 8.78 Å². The van der Waals surface area contributed by atoms with Crippen molar-refractivity contribution in [2.75, 3.05) is 0 Å². The molecule has 20 heavy (non-hydrogen) atoms. The number of imidazole rings is 1. The van der Waals surface area contributed by atoms with Crippen LogP contribution in [0, 0.1) is 0 Å². The molecule has 0 unspecified atom stereocenters. The van der Waals surface area contributed by atoms with Crippen LogP contribution in [0.15, 0.2) is 36.7 Å². The number of rotatable bonds is 7. The first-order chi connectivity index (χ1) is 9.69. The maximum absolute atomic E-state index is 12.0. The van der Waals surface area contributed by atoms with Crippen LogP contribution in [0.1, 0.15) is 18.3 Å². The number of nitrogens with zero attached hydrogens (tertiary/aromatic N) is 2. The number of halogens is 2. The molecule has 1 aromatic carbocycles. The number of alkyl halides is 2. The van der Waals surface area contributed by atoms with Crippen molar-refractivity contribution in [3.63, 3.8) is 0 Å². The second kappa shape index (κ2) is 7.00. The van der Waals surface area contributed by atoms with Crippen molar-refractivity contribution in [2.24, 2.45) is 0 Å². The fraction of sp³-hybridized carbons (Fsp3) is 0.357. The topological polar surface area (TPSA) is 39.1 Å². The van der Waals surface area contributed by atoms with E-state index in [-0.39, 0.29) is 5.75 Å². The Bertz CT molecular complexity index is 525. The van der Waals surface area contributed by atoms with E-state index < -0.39 is 6.61 Å². The van der Waals surface area contributed by atoms with Gasteiger partial charge in [-0.25, -0.2) is 4.98 Å². The molecule has 108 valence electrons. The van der Waals surface area contributed by atoms with Crippen LogP contribution in [-0.4, -0.2) is 16.2 Å². The fourth-order valence-corrected chi connectivity index (χ4v) is 1.90. The monoisotopic (exact) mass is 281 g/mol. The van der Waals surface area contributed by atoms with Crippen molar-refractivity contribution in [2.45, 2.75) is 33.2 Å². The SMILES string of the molecule is CCn1ccnc1CNCc1ccc(OC(F)F)cc1. The predicted molar refractivity (Wildman–Crippen MR) is 71.5 cm³/mol. The highest BCUT2D eigenvalue weighted by Gasteiger charge is 2.04. The minimum absolute atomic E-state index is 0.172. The van der Waals surface area contributed by atoms with Crippen LogP contribution in [-0.2, 0) is 19.6 Å². The average Bonchev–Trinajstić information content (AvgIpc) is 2.87. The Hall–Kier alpha value is -1.95. The summed E-state index contributed by atoms with van der Waals surface area (Å²) >= 11 is 0. The van der Waals surface area contributed by atoms with E-state index in [1.165, 1.54) is 12.1 Å². The van der Waals surface area contributed by atoms with E-state index in [0.29, 0.717) is 13.1 Å². The van der Waals surface area contributed by atoms with Gasteiger partial charge in [0.2, 0.25) is 0 Å². The molecule has 0 spiro atoms. The van der Waals surface area contributed by atoms with Gasteiger partial charge in [-0.05, 0) is 24.6 Å². The Kier molecular flexibility index (Phi) is 5.06. The maximum Gasteiger partial charge on any atom is 0.387 e. The van der Waals surface area contributed by atoms with Crippen LogP contribution in [0.4, 0.5) is 8.78 Å². The first kappa shape index (κ1) is 14.5. The Morgan fingerprint density at radius 2 is 2.00 bits per heavy atom. The molecule has 4 nitrogen and oxygen atoms in total. The van der Waals surface area contributed by atoms with Crippen molar-refractivity contribution in [3.8, 4) is 5.75 Å². The molecular formula is C14H17F2N3O. The van der Waals surface area contributed by atoms with Crippen LogP contribution in [0.25, 0.3) is 0 Å². The smallest absolute Gasteiger partial charge is 0.387 e. The lowest BCUT2D eigenvalue weighted by molar-refractivity contribution is -0.0498. The van der Waals surface area contributed by atoms with E-state index in [2.05, 4.69) is 26.5 Å². The predicted octanol–water partition coefficient (Wildman–Crippen LogP) is 2.79. The highest BCUT2D eigenvalue weighted by Crippen LogP contribution is 2.14. The molecule has 0 bridgehead atoms. The third kappa shape index (κ3) is 4.03. The molecule has 0 amide bonds. The normalized spacial score (nSPS) is 11.0. The number of benzene rings is 1. The molecule has 0 atom stereocenters. The van der Waals surface area contributed by atoms with Gasteiger partial charge < -0.3 is 14.6 Å². The van der Waals surface area contributed by atoms with Crippen molar-refractivity contribution >= 4 is 0 Å². The summed E-state index contributed by atoms with van der Waals surface area (Å²) in [5.41, 5.74) is 1.00. The zero-order chi connectivity index (χ0) is 14.4. The molecule has 2 rings (SSSR count). The summed E-state index contributed by atoms with van der Waals surface area (Å²) in [7, 11) is 0. The number of nitrogens with one attached hydrogen (secondary N) is 1. The molecule has 2 aromatic rings. The van der Waals surface area contributed by atoms with E-state index in [1.807, 2.05) is 6.20 Å². The second-order valence-electron chi connectivity index (χ2n) is 4.26. The summed E-state index contributed by atoms with van der Waals surface area (Å²) < 4.78 is 30.4. The van der Waals surface area contributed by atoms with Gasteiger partial charge in [0.15, 0.2) is 0 Å². The quantitative estimate of drug-likeness (QED) is 0.848. The van der Waals surface area contributed by atoms with Gasteiger partial charge in [-0.1, -0.05) is 12.1 Å². The van der Waals surface area contributed by atoms with Gasteiger partial charge in [0.25, 0.3) is 0 Å². The highest BCUT2D eigenvalue weighted by molar-refractivity contribution is 5.27. The summed E-state index contributed by atoms with van der Waals surface area (Å²) in [5, 5.41) is 3.27. The largest absolute Gasteiger partial charge is 0.435 e. The first-order valence-corrected chi connectivity index (χ1v) is 6.43. The van der Waals surface area contributed by atoms with Crippen molar-refractivity contribution in [3.05, 3.63) is 48.0 Å². The standard InChI is InChI=1S/C14H17F2N3O/c1-2-19-8-7-18-13(19)10-17-9-11-3-5-12(6-4-11)20-14(15)16/h3-8,14,17H,2,9-10H2,1H3. The van der Waals surface area contributed by atoms with E-state index in [4.69, 9.17) is 0 Å². The van der Waals surface area contributed by atoms with E-state index in [0.717, 1.165) is 17.9 Å². The second-order valence-corrected chi connectivity index (χ2v) is 4.26. The Balaban J connectivity index is 1.82. The maximum atomic E-state index is 12.0. The fourth-order valence-electron chi connectivity index (χ4n) is 1.90. The molecule has 0 fully saturated rings. The number of aromatic nitrogens is 2. The molecule has 1 N–H and O–H groups in total. The first-order valence-electron chi connectivity index (χ1n) is 6.43. The van der Waals surface area contributed by atoms with E-state index in [1.54, 1.807) is 18.3 Å². The third-order valence-electron chi connectivity index (χ3n) is 2.90. The molecule has 0 saturated carbocycles. The lowest BCUT2D eigenvalue weighted by atomic mass is 10.2. The minimum Gasteiger partial charge on any atom is -0.435 e. The van der Waals surface area contributed by atoms with Gasteiger partial charge in [0.1, 0.15) is 11.6 Å². The van der Waals surface area contributed by atoms with Crippen LogP contribution in [0.5, 0.6) is 5.75 Å². The molecule has 1 aromatic heterocycles. The molecule has 0 aliphatic rings. The molecule has 6 heteroatoms. The van der Waals surface area contributed by atoms with Gasteiger partial charge in [-0.15, -0.1) is 0 Å². The summed E-state index contributed by atoms with van der Waals surface area (Å²) in [6.45, 7) is 1.47. The Labute approximate surface area is 116 Å². The Morgan fingerprint density at radius 3 is 2.65 bits per heavy atom. The highest BCUT2D eigenvalue weighted by atomic mass is 19.3. The number of hydrogen-bond donors (Lipinski definition) is 1. The lowest BCUT2D eigenvalue weighted by Crippen LogP contribution is -2.16. The molecule has 0 saturated heterocycles. The van der Waals surface area contributed by atoms with Gasteiger partial charge >= 0.3 is 6.61 Å². The summed E-state index contributed by atoms with van der Waals surface area (Å²) in [4.78, 5) is 4.26. The van der Waals surface area contributed by atoms with Crippen LogP contribution in [0.2, 0.25) is 0 Å². The lowest BCUT2D eigenvalue weighted by Gasteiger charge is -2.08. The Morgan fingerprint density at radius 1 is 1.25 bits per heavy atom. The number of hydrogen-bond acceptors (Lipinski definition) is 3. The summed E-state index contributed by atoms with van der Waals surface area (Å²) in [6.07, 6.45) is 3.71. The number of ether oxygens (including phenoxy) is 1. The van der Waals surface area contributed by atoms with Crippen molar-refractivity contribution < 1.29 is 13.5 Å². The molecule has 0 radical (unpaired) electrons. The van der Waals surface area contributed by atoms with Crippen LogP contribution in [0.3, 0.4) is 0 Å². The average molecular weight is 281 g/mol. The zero-order valence-electron chi connectivity index (χ0n) is 11.2. The zero-order valence-corrected chi connectivity index (χ0v) is 11.2. The van der Waals surface area contributed by atoms with Gasteiger partial charge in [-0.3, -0.25) is 0 Å². The van der Waals surface area contributed by atoms with E-state index >= 15 is 0 Å². The summed E-state index contributed by atoms with van der Waals surface area (Å²) in [6, 6.07) is 6.60. The molecular weight excluding hydrogens is 264 g/mol. The number of aryl methyl sites for hydroxylation is 1. The molecule has 0 aliphatic heterocycles. The summed E-state index contributed by atoms with van der Waals surface area (Å²) in [5.74, 6) is 1.15.